The number of thiophene rings is 1. The zero-order valence-electron chi connectivity index (χ0n) is 11.6. The van der Waals surface area contributed by atoms with Crippen LogP contribution < -0.4 is 10.1 Å². The maximum Gasteiger partial charge on any atom is 0.176 e. The van der Waals surface area contributed by atoms with Gasteiger partial charge in [-0.25, -0.2) is 0 Å². The summed E-state index contributed by atoms with van der Waals surface area (Å²) in [5.74, 6) is 1.70. The van der Waals surface area contributed by atoms with Gasteiger partial charge in [0.15, 0.2) is 11.3 Å². The summed E-state index contributed by atoms with van der Waals surface area (Å²) in [6.45, 7) is 2.87. The minimum Gasteiger partial charge on any atom is -0.493 e. The molecule has 1 aromatic carbocycles. The smallest absolute Gasteiger partial charge is 0.176 e. The standard InChI is InChI=1S/C16H17NO2S/c1-11(15-7-4-8-20-15)17-10-13-9-12-5-3-6-14(18-2)16(12)19-13/h3-9,11,17H,10H2,1-2H3/t11-/m0/s1. The van der Waals surface area contributed by atoms with E-state index in [2.05, 4.69) is 35.8 Å². The molecule has 2 heterocycles. The van der Waals surface area contributed by atoms with Gasteiger partial charge < -0.3 is 14.5 Å². The van der Waals surface area contributed by atoms with Gasteiger partial charge in [0.2, 0.25) is 0 Å². The van der Waals surface area contributed by atoms with E-state index < -0.39 is 0 Å². The molecule has 20 heavy (non-hydrogen) atoms. The molecule has 0 radical (unpaired) electrons. The molecule has 0 aliphatic heterocycles. The number of methoxy groups -OCH3 is 1. The molecule has 3 rings (SSSR count). The fourth-order valence-electron chi connectivity index (χ4n) is 2.23. The third-order valence-electron chi connectivity index (χ3n) is 3.33. The fraction of sp³-hybridized carbons (Fsp3) is 0.250. The van der Waals surface area contributed by atoms with Gasteiger partial charge in [0, 0.05) is 16.3 Å². The van der Waals surface area contributed by atoms with Gasteiger partial charge in [-0.2, -0.15) is 0 Å². The van der Waals surface area contributed by atoms with Gasteiger partial charge in [-0.15, -0.1) is 11.3 Å². The molecule has 2 aromatic heterocycles. The van der Waals surface area contributed by atoms with Gasteiger partial charge in [0.05, 0.1) is 13.7 Å². The molecular weight excluding hydrogens is 270 g/mol. The first-order valence-corrected chi connectivity index (χ1v) is 7.48. The predicted molar refractivity (Wildman–Crippen MR) is 82.3 cm³/mol. The van der Waals surface area contributed by atoms with E-state index in [0.717, 1.165) is 22.5 Å². The highest BCUT2D eigenvalue weighted by Gasteiger charge is 2.10. The van der Waals surface area contributed by atoms with Gasteiger partial charge >= 0.3 is 0 Å². The van der Waals surface area contributed by atoms with Crippen LogP contribution >= 0.6 is 11.3 Å². The van der Waals surface area contributed by atoms with Crippen LogP contribution in [0.4, 0.5) is 0 Å². The zero-order chi connectivity index (χ0) is 13.9. The van der Waals surface area contributed by atoms with Crippen molar-refractivity contribution in [1.29, 1.82) is 0 Å². The molecule has 0 bridgehead atoms. The highest BCUT2D eigenvalue weighted by atomic mass is 32.1. The molecule has 0 spiro atoms. The number of benzene rings is 1. The summed E-state index contributed by atoms with van der Waals surface area (Å²) in [5.41, 5.74) is 0.815. The largest absolute Gasteiger partial charge is 0.493 e. The maximum absolute atomic E-state index is 5.87. The number of fused-ring (bicyclic) bond motifs is 1. The first kappa shape index (κ1) is 13.2. The molecule has 0 amide bonds. The Bertz CT molecular complexity index is 688. The monoisotopic (exact) mass is 287 g/mol. The molecule has 0 unspecified atom stereocenters. The number of hydrogen-bond acceptors (Lipinski definition) is 4. The maximum atomic E-state index is 5.87. The van der Waals surface area contributed by atoms with E-state index in [1.54, 1.807) is 18.4 Å². The van der Waals surface area contributed by atoms with Crippen molar-refractivity contribution in [3.63, 3.8) is 0 Å². The SMILES string of the molecule is COc1cccc2cc(CN[C@@H](C)c3cccs3)oc12. The first-order chi connectivity index (χ1) is 9.78. The molecule has 0 aliphatic carbocycles. The summed E-state index contributed by atoms with van der Waals surface area (Å²) in [6, 6.07) is 12.5. The summed E-state index contributed by atoms with van der Waals surface area (Å²) in [6.07, 6.45) is 0. The second kappa shape index (κ2) is 5.69. The number of para-hydroxylation sites is 1. The van der Waals surface area contributed by atoms with Crippen LogP contribution in [0, 0.1) is 0 Å². The van der Waals surface area contributed by atoms with Crippen LogP contribution in [0.15, 0.2) is 46.2 Å². The van der Waals surface area contributed by atoms with Gasteiger partial charge in [0.1, 0.15) is 5.76 Å². The quantitative estimate of drug-likeness (QED) is 0.757. The van der Waals surface area contributed by atoms with Crippen LogP contribution in [-0.4, -0.2) is 7.11 Å². The van der Waals surface area contributed by atoms with Crippen molar-refractivity contribution in [3.05, 3.63) is 52.4 Å². The molecule has 3 nitrogen and oxygen atoms in total. The van der Waals surface area contributed by atoms with E-state index in [1.807, 2.05) is 18.2 Å². The molecule has 4 heteroatoms. The van der Waals surface area contributed by atoms with E-state index in [-0.39, 0.29) is 0 Å². The molecule has 0 saturated heterocycles. The van der Waals surface area contributed by atoms with Crippen LogP contribution in [0.25, 0.3) is 11.0 Å². The fourth-order valence-corrected chi connectivity index (χ4v) is 2.99. The van der Waals surface area contributed by atoms with Gasteiger partial charge in [-0.05, 0) is 30.5 Å². The summed E-state index contributed by atoms with van der Waals surface area (Å²) in [4.78, 5) is 1.33. The van der Waals surface area contributed by atoms with Crippen molar-refractivity contribution in [2.75, 3.05) is 7.11 Å². The van der Waals surface area contributed by atoms with Crippen molar-refractivity contribution < 1.29 is 9.15 Å². The Balaban J connectivity index is 1.75. The lowest BCUT2D eigenvalue weighted by molar-refractivity contribution is 0.405. The van der Waals surface area contributed by atoms with Crippen LogP contribution in [0.2, 0.25) is 0 Å². The average molecular weight is 287 g/mol. The second-order valence-corrected chi connectivity index (χ2v) is 5.69. The molecule has 1 atom stereocenters. The van der Waals surface area contributed by atoms with Crippen molar-refractivity contribution in [2.24, 2.45) is 0 Å². The number of hydrogen-bond donors (Lipinski definition) is 1. The summed E-state index contributed by atoms with van der Waals surface area (Å²) >= 11 is 1.76. The lowest BCUT2D eigenvalue weighted by atomic mass is 10.2. The van der Waals surface area contributed by atoms with Crippen LogP contribution in [-0.2, 0) is 6.54 Å². The number of nitrogens with one attached hydrogen (secondary N) is 1. The van der Waals surface area contributed by atoms with Gasteiger partial charge in [0.25, 0.3) is 0 Å². The highest BCUT2D eigenvalue weighted by molar-refractivity contribution is 7.10. The topological polar surface area (TPSA) is 34.4 Å². The minimum absolute atomic E-state index is 0.324. The number of rotatable bonds is 5. The van der Waals surface area contributed by atoms with Crippen molar-refractivity contribution in [2.45, 2.75) is 19.5 Å². The van der Waals surface area contributed by atoms with Crippen LogP contribution in [0.5, 0.6) is 5.75 Å². The third-order valence-corrected chi connectivity index (χ3v) is 4.39. The van der Waals surface area contributed by atoms with Crippen molar-refractivity contribution in [3.8, 4) is 5.75 Å². The molecule has 0 fully saturated rings. The Kier molecular flexibility index (Phi) is 3.76. The lowest BCUT2D eigenvalue weighted by Gasteiger charge is -2.10. The number of furan rings is 1. The first-order valence-electron chi connectivity index (χ1n) is 6.60. The minimum atomic E-state index is 0.324. The Morgan fingerprint density at radius 2 is 2.20 bits per heavy atom. The zero-order valence-corrected chi connectivity index (χ0v) is 12.4. The lowest BCUT2D eigenvalue weighted by Crippen LogP contribution is -2.16. The molecule has 0 saturated carbocycles. The van der Waals surface area contributed by atoms with E-state index >= 15 is 0 Å². The van der Waals surface area contributed by atoms with Crippen molar-refractivity contribution >= 4 is 22.3 Å². The Morgan fingerprint density at radius 1 is 1.30 bits per heavy atom. The van der Waals surface area contributed by atoms with Crippen molar-refractivity contribution in [1.82, 2.24) is 5.32 Å². The summed E-state index contributed by atoms with van der Waals surface area (Å²) in [7, 11) is 1.66. The predicted octanol–water partition coefficient (Wildman–Crippen LogP) is 4.35. The van der Waals surface area contributed by atoms with Gasteiger partial charge in [-0.1, -0.05) is 18.2 Å². The second-order valence-electron chi connectivity index (χ2n) is 4.71. The molecule has 3 aromatic rings. The Labute approximate surface area is 122 Å². The molecule has 0 aliphatic rings. The Hall–Kier alpha value is -1.78. The summed E-state index contributed by atoms with van der Waals surface area (Å²) in [5, 5.41) is 6.65. The van der Waals surface area contributed by atoms with E-state index in [4.69, 9.17) is 9.15 Å². The summed E-state index contributed by atoms with van der Waals surface area (Å²) < 4.78 is 11.2. The Morgan fingerprint density at radius 3 is 2.95 bits per heavy atom. The van der Waals surface area contributed by atoms with Gasteiger partial charge in [-0.3, -0.25) is 0 Å². The molecule has 1 N–H and O–H groups in total. The third kappa shape index (κ3) is 2.57. The molecular formula is C16H17NO2S. The number of ether oxygens (including phenoxy) is 1. The van der Waals surface area contributed by atoms with Crippen LogP contribution in [0.1, 0.15) is 23.6 Å². The average Bonchev–Trinajstić information content (AvgIpc) is 3.12. The highest BCUT2D eigenvalue weighted by Crippen LogP contribution is 2.28. The van der Waals surface area contributed by atoms with E-state index in [1.165, 1.54) is 4.88 Å². The van der Waals surface area contributed by atoms with E-state index in [9.17, 15) is 0 Å². The van der Waals surface area contributed by atoms with E-state index in [0.29, 0.717) is 12.6 Å². The molecule has 104 valence electrons. The van der Waals surface area contributed by atoms with Crippen LogP contribution in [0.3, 0.4) is 0 Å². The normalized spacial score (nSPS) is 12.7.